The lowest BCUT2D eigenvalue weighted by Crippen LogP contribution is -2.25. The fourth-order valence-electron chi connectivity index (χ4n) is 1.87. The summed E-state index contributed by atoms with van der Waals surface area (Å²) < 4.78 is 13.0. The van der Waals surface area contributed by atoms with Gasteiger partial charge in [0.2, 0.25) is 0 Å². The fourth-order valence-corrected chi connectivity index (χ4v) is 3.23. The predicted octanol–water partition coefficient (Wildman–Crippen LogP) is 3.68. The van der Waals surface area contributed by atoms with Crippen LogP contribution < -0.4 is 5.73 Å². The van der Waals surface area contributed by atoms with Gasteiger partial charge in [0.05, 0.1) is 0 Å². The summed E-state index contributed by atoms with van der Waals surface area (Å²) in [6.07, 6.45) is 2.25. The molecule has 0 fully saturated rings. The first-order chi connectivity index (χ1) is 7.71. The van der Waals surface area contributed by atoms with Gasteiger partial charge >= 0.3 is 0 Å². The molecule has 1 unspecified atom stereocenters. The lowest BCUT2D eigenvalue weighted by molar-refractivity contribution is 0.475. The lowest BCUT2D eigenvalue weighted by Gasteiger charge is -2.23. The van der Waals surface area contributed by atoms with E-state index in [-0.39, 0.29) is 5.82 Å². The molecule has 0 aromatic heterocycles. The van der Waals surface area contributed by atoms with Gasteiger partial charge in [-0.15, -0.1) is 11.8 Å². The summed E-state index contributed by atoms with van der Waals surface area (Å²) in [6, 6.07) is 6.74. The van der Waals surface area contributed by atoms with Gasteiger partial charge in [-0.3, -0.25) is 0 Å². The minimum Gasteiger partial charge on any atom is -0.329 e. The number of halogens is 1. The topological polar surface area (TPSA) is 26.0 Å². The second kappa shape index (κ2) is 6.92. The van der Waals surface area contributed by atoms with E-state index in [1.807, 2.05) is 6.07 Å². The molecule has 1 atom stereocenters. The normalized spacial score (nSPS) is 13.1. The Bertz CT molecular complexity index is 313. The van der Waals surface area contributed by atoms with Gasteiger partial charge in [-0.05, 0) is 24.1 Å². The van der Waals surface area contributed by atoms with Crippen molar-refractivity contribution in [2.75, 3.05) is 6.54 Å². The number of thioether (sulfide) groups is 1. The Morgan fingerprint density at radius 3 is 2.50 bits per heavy atom. The number of hydrogen-bond acceptors (Lipinski definition) is 2. The van der Waals surface area contributed by atoms with Crippen LogP contribution in [0.15, 0.2) is 29.2 Å². The van der Waals surface area contributed by atoms with Gasteiger partial charge < -0.3 is 5.73 Å². The first-order valence-corrected chi connectivity index (χ1v) is 6.71. The van der Waals surface area contributed by atoms with Crippen LogP contribution in [0.3, 0.4) is 0 Å². The minimum absolute atomic E-state index is 0.176. The number of rotatable bonds is 6. The van der Waals surface area contributed by atoms with E-state index in [1.165, 1.54) is 6.07 Å². The highest BCUT2D eigenvalue weighted by Gasteiger charge is 2.18. The molecule has 0 spiro atoms. The molecule has 1 aromatic rings. The SMILES string of the molecule is CCC(CC)C(CN)Sc1cccc(F)c1. The number of benzene rings is 1. The first-order valence-electron chi connectivity index (χ1n) is 5.83. The summed E-state index contributed by atoms with van der Waals surface area (Å²) in [4.78, 5) is 0.974. The van der Waals surface area contributed by atoms with Crippen LogP contribution in [0, 0.1) is 11.7 Å². The third kappa shape index (κ3) is 3.80. The zero-order valence-electron chi connectivity index (χ0n) is 9.95. The number of hydrogen-bond donors (Lipinski definition) is 1. The van der Waals surface area contributed by atoms with Crippen molar-refractivity contribution in [1.29, 1.82) is 0 Å². The zero-order valence-corrected chi connectivity index (χ0v) is 10.8. The Labute approximate surface area is 102 Å². The Kier molecular flexibility index (Phi) is 5.85. The minimum atomic E-state index is -0.176. The Morgan fingerprint density at radius 2 is 2.00 bits per heavy atom. The molecule has 0 aliphatic rings. The zero-order chi connectivity index (χ0) is 12.0. The summed E-state index contributed by atoms with van der Waals surface area (Å²) >= 11 is 1.70. The van der Waals surface area contributed by atoms with Crippen molar-refractivity contribution < 1.29 is 4.39 Å². The van der Waals surface area contributed by atoms with Crippen LogP contribution >= 0.6 is 11.8 Å². The van der Waals surface area contributed by atoms with Crippen molar-refractivity contribution in [3.8, 4) is 0 Å². The van der Waals surface area contributed by atoms with Crippen LogP contribution in [0.1, 0.15) is 26.7 Å². The van der Waals surface area contributed by atoms with Gasteiger partial charge in [0.25, 0.3) is 0 Å². The molecule has 2 N–H and O–H groups in total. The van der Waals surface area contributed by atoms with E-state index in [0.717, 1.165) is 17.7 Å². The molecule has 0 bridgehead atoms. The third-order valence-electron chi connectivity index (χ3n) is 2.89. The van der Waals surface area contributed by atoms with Crippen LogP contribution in [0.5, 0.6) is 0 Å². The van der Waals surface area contributed by atoms with Crippen LogP contribution in [-0.4, -0.2) is 11.8 Å². The molecule has 1 rings (SSSR count). The average Bonchev–Trinajstić information content (AvgIpc) is 2.29. The predicted molar refractivity (Wildman–Crippen MR) is 69.2 cm³/mol. The molecule has 0 saturated heterocycles. The van der Waals surface area contributed by atoms with Crippen molar-refractivity contribution in [2.24, 2.45) is 11.7 Å². The molecule has 0 radical (unpaired) electrons. The van der Waals surface area contributed by atoms with Crippen molar-refractivity contribution >= 4 is 11.8 Å². The average molecular weight is 241 g/mol. The van der Waals surface area contributed by atoms with Gasteiger partial charge in [0.15, 0.2) is 0 Å². The highest BCUT2D eigenvalue weighted by Crippen LogP contribution is 2.30. The summed E-state index contributed by atoms with van der Waals surface area (Å²) in [5.74, 6) is 0.434. The highest BCUT2D eigenvalue weighted by molar-refractivity contribution is 8.00. The first kappa shape index (κ1) is 13.5. The van der Waals surface area contributed by atoms with E-state index in [1.54, 1.807) is 23.9 Å². The quantitative estimate of drug-likeness (QED) is 0.769. The van der Waals surface area contributed by atoms with Crippen molar-refractivity contribution in [3.05, 3.63) is 30.1 Å². The van der Waals surface area contributed by atoms with Crippen molar-refractivity contribution in [3.63, 3.8) is 0 Å². The number of nitrogens with two attached hydrogens (primary N) is 1. The van der Waals surface area contributed by atoms with Crippen LogP contribution in [0.2, 0.25) is 0 Å². The van der Waals surface area contributed by atoms with E-state index in [2.05, 4.69) is 13.8 Å². The second-order valence-electron chi connectivity index (χ2n) is 3.93. The van der Waals surface area contributed by atoms with Gasteiger partial charge in [-0.25, -0.2) is 4.39 Å². The maximum Gasteiger partial charge on any atom is 0.124 e. The molecule has 1 nitrogen and oxygen atoms in total. The van der Waals surface area contributed by atoms with Crippen molar-refractivity contribution in [2.45, 2.75) is 36.8 Å². The monoisotopic (exact) mass is 241 g/mol. The standard InChI is InChI=1S/C13H20FNS/c1-3-10(4-2)13(9-15)16-12-7-5-6-11(14)8-12/h5-8,10,13H,3-4,9,15H2,1-2H3. The largest absolute Gasteiger partial charge is 0.329 e. The molecule has 0 heterocycles. The van der Waals surface area contributed by atoms with Gasteiger partial charge in [0.1, 0.15) is 5.82 Å². The van der Waals surface area contributed by atoms with Gasteiger partial charge in [0, 0.05) is 16.7 Å². The smallest absolute Gasteiger partial charge is 0.124 e. The van der Waals surface area contributed by atoms with Gasteiger partial charge in [-0.2, -0.15) is 0 Å². The molecule has 1 aromatic carbocycles. The Balaban J connectivity index is 2.69. The van der Waals surface area contributed by atoms with Crippen LogP contribution in [0.25, 0.3) is 0 Å². The molecule has 3 heteroatoms. The van der Waals surface area contributed by atoms with E-state index in [4.69, 9.17) is 5.73 Å². The molecule has 0 aliphatic carbocycles. The van der Waals surface area contributed by atoms with E-state index < -0.39 is 0 Å². The molecular formula is C13H20FNS. The van der Waals surface area contributed by atoms with Gasteiger partial charge in [-0.1, -0.05) is 32.8 Å². The summed E-state index contributed by atoms with van der Waals surface area (Å²) in [6.45, 7) is 5.01. The fraction of sp³-hybridized carbons (Fsp3) is 0.538. The second-order valence-corrected chi connectivity index (χ2v) is 5.24. The van der Waals surface area contributed by atoms with Crippen molar-refractivity contribution in [1.82, 2.24) is 0 Å². The van der Waals surface area contributed by atoms with E-state index in [0.29, 0.717) is 17.7 Å². The highest BCUT2D eigenvalue weighted by atomic mass is 32.2. The molecule has 0 aliphatic heterocycles. The molecular weight excluding hydrogens is 221 g/mol. The summed E-state index contributed by atoms with van der Waals surface area (Å²) in [5.41, 5.74) is 5.80. The molecule has 16 heavy (non-hydrogen) atoms. The Hall–Kier alpha value is -0.540. The van der Waals surface area contributed by atoms with Crippen LogP contribution in [-0.2, 0) is 0 Å². The molecule has 0 saturated carbocycles. The van der Waals surface area contributed by atoms with E-state index in [9.17, 15) is 4.39 Å². The lowest BCUT2D eigenvalue weighted by atomic mass is 9.99. The third-order valence-corrected chi connectivity index (χ3v) is 4.30. The maximum atomic E-state index is 13.0. The van der Waals surface area contributed by atoms with E-state index >= 15 is 0 Å². The van der Waals surface area contributed by atoms with Crippen LogP contribution in [0.4, 0.5) is 4.39 Å². The molecule has 90 valence electrons. The maximum absolute atomic E-state index is 13.0. The Morgan fingerprint density at radius 1 is 1.31 bits per heavy atom. The molecule has 0 amide bonds. The summed E-state index contributed by atoms with van der Waals surface area (Å²) in [5, 5.41) is 0.386. The summed E-state index contributed by atoms with van der Waals surface area (Å²) in [7, 11) is 0.